The van der Waals surface area contributed by atoms with Crippen LogP contribution in [0.3, 0.4) is 0 Å². The second-order valence-electron chi connectivity index (χ2n) is 6.47. The van der Waals surface area contributed by atoms with Crippen LogP contribution in [0.25, 0.3) is 0 Å². The lowest BCUT2D eigenvalue weighted by Crippen LogP contribution is -2.42. The summed E-state index contributed by atoms with van der Waals surface area (Å²) in [6.45, 7) is 4.73. The number of aliphatic hydroxyl groups excluding tert-OH is 1. The molecule has 0 radical (unpaired) electrons. The van der Waals surface area contributed by atoms with Gasteiger partial charge in [0.15, 0.2) is 0 Å². The van der Waals surface area contributed by atoms with Crippen LogP contribution in [0.2, 0.25) is 5.02 Å². The van der Waals surface area contributed by atoms with E-state index < -0.39 is 0 Å². The van der Waals surface area contributed by atoms with E-state index >= 15 is 0 Å². The van der Waals surface area contributed by atoms with E-state index in [2.05, 4.69) is 10.6 Å². The molecule has 2 rings (SSSR count). The van der Waals surface area contributed by atoms with Crippen LogP contribution in [-0.4, -0.2) is 30.3 Å². The van der Waals surface area contributed by atoms with Gasteiger partial charge in [-0.2, -0.15) is 0 Å². The smallest absolute Gasteiger partial charge is 0.315 e. The molecule has 1 aromatic rings. The number of aliphatic hydroxyl groups is 1. The Balaban J connectivity index is 1.75. The molecule has 0 bridgehead atoms. The molecule has 21 heavy (non-hydrogen) atoms. The number of carbonyl (C=O) groups is 1. The maximum Gasteiger partial charge on any atom is 0.315 e. The molecule has 0 aliphatic heterocycles. The topological polar surface area (TPSA) is 61.4 Å². The van der Waals surface area contributed by atoms with Crippen molar-refractivity contribution < 1.29 is 9.90 Å². The third-order valence-corrected chi connectivity index (χ3v) is 4.13. The standard InChI is InChI=1S/C16H23ClN2O2/c1-16(2,6-7-20)10-18-15(21)19-14-9-13(14)11-4-3-5-12(17)8-11/h3-5,8,13-14,20H,6-7,9-10H2,1-2H3,(H2,18,19,21). The molecule has 2 atom stereocenters. The number of nitrogens with one attached hydrogen (secondary N) is 2. The van der Waals surface area contributed by atoms with Gasteiger partial charge in [-0.25, -0.2) is 4.79 Å². The highest BCUT2D eigenvalue weighted by atomic mass is 35.5. The zero-order chi connectivity index (χ0) is 15.5. The summed E-state index contributed by atoms with van der Waals surface area (Å²) in [5, 5.41) is 15.6. The van der Waals surface area contributed by atoms with Crippen LogP contribution in [0.1, 0.15) is 38.2 Å². The Morgan fingerprint density at radius 3 is 2.90 bits per heavy atom. The fourth-order valence-electron chi connectivity index (χ4n) is 2.39. The molecule has 1 saturated carbocycles. The van der Waals surface area contributed by atoms with Gasteiger partial charge in [0, 0.05) is 30.1 Å². The molecule has 1 aliphatic rings. The lowest BCUT2D eigenvalue weighted by atomic mass is 9.90. The molecule has 0 saturated heterocycles. The van der Waals surface area contributed by atoms with Gasteiger partial charge in [-0.1, -0.05) is 37.6 Å². The van der Waals surface area contributed by atoms with Gasteiger partial charge < -0.3 is 15.7 Å². The number of benzene rings is 1. The fraction of sp³-hybridized carbons (Fsp3) is 0.562. The summed E-state index contributed by atoms with van der Waals surface area (Å²) in [7, 11) is 0. The molecule has 116 valence electrons. The van der Waals surface area contributed by atoms with Gasteiger partial charge in [0.05, 0.1) is 0 Å². The number of rotatable bonds is 6. The normalized spacial score (nSPS) is 21.0. The van der Waals surface area contributed by atoms with Crippen LogP contribution in [0, 0.1) is 5.41 Å². The Bertz CT molecular complexity index is 505. The fourth-order valence-corrected chi connectivity index (χ4v) is 2.59. The number of urea groups is 1. The van der Waals surface area contributed by atoms with Crippen molar-refractivity contribution in [3.63, 3.8) is 0 Å². The van der Waals surface area contributed by atoms with E-state index in [0.717, 1.165) is 11.4 Å². The highest BCUT2D eigenvalue weighted by molar-refractivity contribution is 6.30. The minimum Gasteiger partial charge on any atom is -0.396 e. The van der Waals surface area contributed by atoms with Crippen molar-refractivity contribution in [2.24, 2.45) is 5.41 Å². The molecule has 1 fully saturated rings. The zero-order valence-electron chi connectivity index (χ0n) is 12.5. The Morgan fingerprint density at radius 2 is 2.24 bits per heavy atom. The Kier molecular flexibility index (Phi) is 5.12. The molecule has 3 N–H and O–H groups in total. The summed E-state index contributed by atoms with van der Waals surface area (Å²) < 4.78 is 0. The average Bonchev–Trinajstić information content (AvgIpc) is 3.16. The van der Waals surface area contributed by atoms with E-state index in [0.29, 0.717) is 18.9 Å². The van der Waals surface area contributed by atoms with Crippen molar-refractivity contribution in [2.45, 2.75) is 38.6 Å². The Hall–Kier alpha value is -1.26. The van der Waals surface area contributed by atoms with Crippen LogP contribution >= 0.6 is 11.6 Å². The maximum atomic E-state index is 11.9. The van der Waals surface area contributed by atoms with Gasteiger partial charge in [0.25, 0.3) is 0 Å². The molecule has 0 aromatic heterocycles. The minimum atomic E-state index is -0.143. The van der Waals surface area contributed by atoms with E-state index in [9.17, 15) is 4.79 Å². The predicted octanol–water partition coefficient (Wildman–Crippen LogP) is 2.90. The van der Waals surface area contributed by atoms with Crippen molar-refractivity contribution in [1.82, 2.24) is 10.6 Å². The molecule has 0 spiro atoms. The first-order chi connectivity index (χ1) is 9.91. The lowest BCUT2D eigenvalue weighted by Gasteiger charge is -2.23. The van der Waals surface area contributed by atoms with Gasteiger partial charge in [-0.05, 0) is 36.0 Å². The molecule has 2 unspecified atom stereocenters. The summed E-state index contributed by atoms with van der Waals surface area (Å²) in [4.78, 5) is 11.9. The number of amides is 2. The predicted molar refractivity (Wildman–Crippen MR) is 84.6 cm³/mol. The van der Waals surface area contributed by atoms with E-state index in [4.69, 9.17) is 16.7 Å². The van der Waals surface area contributed by atoms with Gasteiger partial charge in [-0.3, -0.25) is 0 Å². The minimum absolute atomic E-state index is 0.0952. The largest absolute Gasteiger partial charge is 0.396 e. The first kappa shape index (κ1) is 16.1. The van der Waals surface area contributed by atoms with E-state index in [1.54, 1.807) is 0 Å². The third kappa shape index (κ3) is 4.90. The highest BCUT2D eigenvalue weighted by Crippen LogP contribution is 2.41. The summed E-state index contributed by atoms with van der Waals surface area (Å²) >= 11 is 5.98. The molecule has 1 aliphatic carbocycles. The van der Waals surface area contributed by atoms with Crippen molar-refractivity contribution in [3.8, 4) is 0 Å². The summed E-state index contributed by atoms with van der Waals surface area (Å²) in [6, 6.07) is 7.83. The Labute approximate surface area is 130 Å². The summed E-state index contributed by atoms with van der Waals surface area (Å²) in [5.74, 6) is 0.361. The average molecular weight is 311 g/mol. The molecule has 2 amide bonds. The van der Waals surface area contributed by atoms with Crippen molar-refractivity contribution in [3.05, 3.63) is 34.9 Å². The number of hydrogen-bond acceptors (Lipinski definition) is 2. The van der Waals surface area contributed by atoms with E-state index in [1.165, 1.54) is 5.56 Å². The SMILES string of the molecule is CC(C)(CCO)CNC(=O)NC1CC1c1cccc(Cl)c1. The highest BCUT2D eigenvalue weighted by Gasteiger charge is 2.39. The van der Waals surface area contributed by atoms with Crippen LogP contribution in [0.5, 0.6) is 0 Å². The van der Waals surface area contributed by atoms with Crippen molar-refractivity contribution in [2.75, 3.05) is 13.2 Å². The van der Waals surface area contributed by atoms with Crippen molar-refractivity contribution in [1.29, 1.82) is 0 Å². The molecule has 1 aromatic carbocycles. The first-order valence-electron chi connectivity index (χ1n) is 7.32. The Morgan fingerprint density at radius 1 is 1.48 bits per heavy atom. The van der Waals surface area contributed by atoms with Gasteiger partial charge in [0.2, 0.25) is 0 Å². The van der Waals surface area contributed by atoms with Crippen LogP contribution in [-0.2, 0) is 0 Å². The second-order valence-corrected chi connectivity index (χ2v) is 6.90. The van der Waals surface area contributed by atoms with Crippen molar-refractivity contribution >= 4 is 17.6 Å². The monoisotopic (exact) mass is 310 g/mol. The second kappa shape index (κ2) is 6.67. The number of carbonyl (C=O) groups excluding carboxylic acids is 1. The molecule has 5 heteroatoms. The molecule has 4 nitrogen and oxygen atoms in total. The lowest BCUT2D eigenvalue weighted by molar-refractivity contribution is 0.201. The number of hydrogen-bond donors (Lipinski definition) is 3. The van der Waals surface area contributed by atoms with Crippen LogP contribution < -0.4 is 10.6 Å². The van der Waals surface area contributed by atoms with Crippen LogP contribution in [0.4, 0.5) is 4.79 Å². The van der Waals surface area contributed by atoms with Gasteiger partial charge in [0.1, 0.15) is 0 Å². The van der Waals surface area contributed by atoms with Gasteiger partial charge >= 0.3 is 6.03 Å². The maximum absolute atomic E-state index is 11.9. The van der Waals surface area contributed by atoms with E-state index in [1.807, 2.05) is 38.1 Å². The summed E-state index contributed by atoms with van der Waals surface area (Å²) in [6.07, 6.45) is 1.62. The van der Waals surface area contributed by atoms with E-state index in [-0.39, 0.29) is 24.1 Å². The zero-order valence-corrected chi connectivity index (χ0v) is 13.3. The molecule has 0 heterocycles. The molecular formula is C16H23ClN2O2. The van der Waals surface area contributed by atoms with Gasteiger partial charge in [-0.15, -0.1) is 0 Å². The number of halogens is 1. The molecular weight excluding hydrogens is 288 g/mol. The van der Waals surface area contributed by atoms with Crippen LogP contribution in [0.15, 0.2) is 24.3 Å². The third-order valence-electron chi connectivity index (χ3n) is 3.90. The first-order valence-corrected chi connectivity index (χ1v) is 7.70. The quantitative estimate of drug-likeness (QED) is 0.756. The summed E-state index contributed by atoms with van der Waals surface area (Å²) in [5.41, 5.74) is 1.08.